The van der Waals surface area contributed by atoms with Crippen molar-refractivity contribution in [3.8, 4) is 0 Å². The van der Waals surface area contributed by atoms with E-state index >= 15 is 0 Å². The van der Waals surface area contributed by atoms with Crippen molar-refractivity contribution in [3.05, 3.63) is 0 Å². The Labute approximate surface area is 101 Å². The summed E-state index contributed by atoms with van der Waals surface area (Å²) in [6.07, 6.45) is 0.682. The molecule has 0 saturated carbocycles. The molecular weight excluding hydrogens is 246 g/mol. The topological polar surface area (TPSA) is 96.5 Å². The summed E-state index contributed by atoms with van der Waals surface area (Å²) >= 11 is 0. The van der Waals surface area contributed by atoms with Gasteiger partial charge in [0.25, 0.3) is 0 Å². The van der Waals surface area contributed by atoms with Gasteiger partial charge in [-0.25, -0.2) is 9.52 Å². The third-order valence-corrected chi connectivity index (χ3v) is 3.55. The Morgan fingerprint density at radius 1 is 1.47 bits per heavy atom. The van der Waals surface area contributed by atoms with Crippen LogP contribution in [0.15, 0.2) is 0 Å². The fourth-order valence-corrected chi connectivity index (χ4v) is 2.60. The summed E-state index contributed by atoms with van der Waals surface area (Å²) in [5.41, 5.74) is 0. The molecule has 7 nitrogen and oxygen atoms in total. The van der Waals surface area contributed by atoms with Crippen LogP contribution in [0.3, 0.4) is 0 Å². The van der Waals surface area contributed by atoms with Crippen molar-refractivity contribution in [3.63, 3.8) is 0 Å². The molecule has 8 heteroatoms. The molecule has 0 aromatic rings. The van der Waals surface area contributed by atoms with E-state index in [0.29, 0.717) is 12.6 Å². The molecule has 2 unspecified atom stereocenters. The zero-order valence-electron chi connectivity index (χ0n) is 10.0. The maximum atomic E-state index is 11.5. The highest BCUT2D eigenvalue weighted by molar-refractivity contribution is 7.88. The van der Waals surface area contributed by atoms with Gasteiger partial charge in [0, 0.05) is 18.6 Å². The lowest BCUT2D eigenvalue weighted by atomic mass is 10.0. The van der Waals surface area contributed by atoms with Gasteiger partial charge in [0.15, 0.2) is 0 Å². The molecule has 17 heavy (non-hydrogen) atoms. The van der Waals surface area contributed by atoms with Crippen LogP contribution in [-0.2, 0) is 14.9 Å². The summed E-state index contributed by atoms with van der Waals surface area (Å²) in [4.78, 5) is 11.0. The minimum absolute atomic E-state index is 0.129. The van der Waals surface area contributed by atoms with Gasteiger partial charge in [0.1, 0.15) is 0 Å². The predicted molar refractivity (Wildman–Crippen MR) is 62.7 cm³/mol. The first-order valence-corrected chi connectivity index (χ1v) is 7.11. The van der Waals surface area contributed by atoms with Crippen LogP contribution in [0.4, 0.5) is 4.79 Å². The van der Waals surface area contributed by atoms with E-state index < -0.39 is 16.3 Å². The third-order valence-electron chi connectivity index (χ3n) is 2.48. The average Bonchev–Trinajstić information content (AvgIpc) is 2.20. The number of piperidine rings is 1. The Morgan fingerprint density at radius 3 is 2.71 bits per heavy atom. The third kappa shape index (κ3) is 5.33. The average molecular weight is 265 g/mol. The maximum absolute atomic E-state index is 11.5. The molecule has 1 heterocycles. The van der Waals surface area contributed by atoms with Gasteiger partial charge in [-0.2, -0.15) is 13.1 Å². The maximum Gasteiger partial charge on any atom is 0.421 e. The summed E-state index contributed by atoms with van der Waals surface area (Å²) < 4.78 is 31.7. The van der Waals surface area contributed by atoms with Crippen molar-refractivity contribution < 1.29 is 17.9 Å². The smallest absolute Gasteiger partial charge is 0.421 e. The fraction of sp³-hybridized carbons (Fsp3) is 0.889. The molecular formula is C9H19N3O4S. The molecule has 2 atom stereocenters. The second-order valence-electron chi connectivity index (χ2n) is 4.03. The highest BCUT2D eigenvalue weighted by Gasteiger charge is 2.23. The summed E-state index contributed by atoms with van der Waals surface area (Å²) in [6, 6.07) is 0.201. The molecule has 0 aliphatic carbocycles. The van der Waals surface area contributed by atoms with E-state index in [2.05, 4.69) is 14.8 Å². The first-order valence-electron chi connectivity index (χ1n) is 5.63. The van der Waals surface area contributed by atoms with Gasteiger partial charge < -0.3 is 10.1 Å². The van der Waals surface area contributed by atoms with E-state index in [1.54, 1.807) is 11.6 Å². The van der Waals surface area contributed by atoms with Gasteiger partial charge in [-0.3, -0.25) is 0 Å². The molecule has 0 bridgehead atoms. The van der Waals surface area contributed by atoms with Crippen molar-refractivity contribution in [2.24, 2.45) is 0 Å². The number of ether oxygens (including phenoxy) is 1. The van der Waals surface area contributed by atoms with Crippen molar-refractivity contribution >= 4 is 16.3 Å². The summed E-state index contributed by atoms with van der Waals surface area (Å²) in [7, 11) is -3.83. The van der Waals surface area contributed by atoms with Crippen LogP contribution in [0.25, 0.3) is 0 Å². The SMILES string of the molecule is CCOC(=O)NS(=O)(=O)NC1CCC(C)NC1. The number of nitrogens with one attached hydrogen (secondary N) is 3. The zero-order chi connectivity index (χ0) is 12.9. The number of carbonyl (C=O) groups is 1. The minimum atomic E-state index is -3.83. The quantitative estimate of drug-likeness (QED) is 0.649. The molecule has 1 amide bonds. The molecule has 0 radical (unpaired) electrons. The molecule has 0 aromatic heterocycles. The summed E-state index contributed by atoms with van der Waals surface area (Å²) in [5.74, 6) is 0. The van der Waals surface area contributed by atoms with E-state index in [1.165, 1.54) is 0 Å². The van der Waals surface area contributed by atoms with Crippen LogP contribution in [0.1, 0.15) is 26.7 Å². The number of hydrogen-bond acceptors (Lipinski definition) is 5. The van der Waals surface area contributed by atoms with E-state index in [9.17, 15) is 13.2 Å². The van der Waals surface area contributed by atoms with Crippen molar-refractivity contribution in [2.75, 3.05) is 13.2 Å². The van der Waals surface area contributed by atoms with E-state index in [-0.39, 0.29) is 12.6 Å². The standard InChI is InChI=1S/C9H19N3O4S/c1-3-16-9(13)12-17(14,15)11-8-5-4-7(2)10-6-8/h7-8,10-11H,3-6H2,1-2H3,(H,12,13). The second kappa shape index (κ2) is 6.18. The first-order chi connectivity index (χ1) is 7.93. The van der Waals surface area contributed by atoms with E-state index in [0.717, 1.165) is 12.8 Å². The second-order valence-corrected chi connectivity index (χ2v) is 5.47. The van der Waals surface area contributed by atoms with Crippen LogP contribution >= 0.6 is 0 Å². The van der Waals surface area contributed by atoms with E-state index in [1.807, 2.05) is 6.92 Å². The number of hydrogen-bond donors (Lipinski definition) is 3. The number of amides is 1. The lowest BCUT2D eigenvalue weighted by Gasteiger charge is -2.27. The van der Waals surface area contributed by atoms with Gasteiger partial charge in [-0.1, -0.05) is 0 Å². The van der Waals surface area contributed by atoms with Crippen LogP contribution in [0.5, 0.6) is 0 Å². The molecule has 3 N–H and O–H groups in total. The van der Waals surface area contributed by atoms with Gasteiger partial charge in [-0.05, 0) is 26.7 Å². The molecule has 1 fully saturated rings. The fourth-order valence-electron chi connectivity index (χ4n) is 1.62. The van der Waals surface area contributed by atoms with Crippen LogP contribution < -0.4 is 14.8 Å². The monoisotopic (exact) mass is 265 g/mol. The highest BCUT2D eigenvalue weighted by atomic mass is 32.2. The van der Waals surface area contributed by atoms with Gasteiger partial charge >= 0.3 is 16.3 Å². The summed E-state index contributed by atoms with van der Waals surface area (Å²) in [6.45, 7) is 4.34. The van der Waals surface area contributed by atoms with E-state index in [4.69, 9.17) is 0 Å². The van der Waals surface area contributed by atoms with Crippen molar-refractivity contribution in [2.45, 2.75) is 38.8 Å². The summed E-state index contributed by atoms with van der Waals surface area (Å²) in [5, 5.41) is 3.16. The number of carbonyl (C=O) groups excluding carboxylic acids is 1. The Bertz CT molecular complexity index is 349. The minimum Gasteiger partial charge on any atom is -0.449 e. The van der Waals surface area contributed by atoms with Crippen molar-refractivity contribution in [1.82, 2.24) is 14.8 Å². The molecule has 0 aromatic carbocycles. The van der Waals surface area contributed by atoms with Gasteiger partial charge in [0.2, 0.25) is 0 Å². The largest absolute Gasteiger partial charge is 0.449 e. The lowest BCUT2D eigenvalue weighted by molar-refractivity contribution is 0.158. The Hall–Kier alpha value is -0.860. The van der Waals surface area contributed by atoms with Gasteiger partial charge in [0.05, 0.1) is 6.61 Å². The molecule has 100 valence electrons. The Balaban J connectivity index is 2.41. The number of rotatable bonds is 4. The Kier molecular flexibility index (Phi) is 5.16. The predicted octanol–water partition coefficient (Wildman–Crippen LogP) is -0.293. The first kappa shape index (κ1) is 14.2. The Morgan fingerprint density at radius 2 is 2.18 bits per heavy atom. The lowest BCUT2D eigenvalue weighted by Crippen LogP contribution is -2.52. The van der Waals surface area contributed by atoms with Crippen LogP contribution in [0.2, 0.25) is 0 Å². The molecule has 1 rings (SSSR count). The highest BCUT2D eigenvalue weighted by Crippen LogP contribution is 2.07. The molecule has 1 saturated heterocycles. The molecule has 1 aliphatic heterocycles. The normalized spacial score (nSPS) is 25.3. The van der Waals surface area contributed by atoms with Gasteiger partial charge in [-0.15, -0.1) is 0 Å². The molecule has 0 spiro atoms. The van der Waals surface area contributed by atoms with Crippen molar-refractivity contribution in [1.29, 1.82) is 0 Å². The van der Waals surface area contributed by atoms with Crippen LogP contribution in [0, 0.1) is 0 Å². The molecule has 1 aliphatic rings. The zero-order valence-corrected chi connectivity index (χ0v) is 10.8. The van der Waals surface area contributed by atoms with Crippen LogP contribution in [-0.4, -0.2) is 39.7 Å².